The summed E-state index contributed by atoms with van der Waals surface area (Å²) in [5.41, 5.74) is 12.0. The Morgan fingerprint density at radius 2 is 1.58 bits per heavy atom. The molecule has 0 fully saturated rings. The van der Waals surface area contributed by atoms with E-state index in [1.54, 1.807) is 0 Å². The van der Waals surface area contributed by atoms with E-state index >= 15 is 0 Å². The third kappa shape index (κ3) is 3.66. The molecule has 4 nitrogen and oxygen atoms in total. The number of anilines is 3. The number of aryl methyl sites for hydroxylation is 4. The minimum atomic E-state index is 0.337. The minimum absolute atomic E-state index is 0.337. The SMILES string of the molecule is CCC(CC)N(c1nc(C)c(I)c(N)n1)c1c(C)cc(C)cc1C. The van der Waals surface area contributed by atoms with Crippen LogP contribution in [0.2, 0.25) is 0 Å². The number of rotatable bonds is 5. The maximum atomic E-state index is 6.14. The van der Waals surface area contributed by atoms with Gasteiger partial charge in [-0.25, -0.2) is 4.98 Å². The van der Waals surface area contributed by atoms with Crippen molar-refractivity contribution in [3.8, 4) is 0 Å². The first-order valence-electron chi connectivity index (χ1n) is 8.46. The monoisotopic (exact) mass is 438 g/mol. The van der Waals surface area contributed by atoms with E-state index in [0.29, 0.717) is 17.8 Å². The van der Waals surface area contributed by atoms with Crippen molar-refractivity contribution in [3.05, 3.63) is 38.1 Å². The molecule has 0 atom stereocenters. The molecule has 2 rings (SSSR count). The molecule has 0 unspecified atom stereocenters. The number of benzene rings is 1. The van der Waals surface area contributed by atoms with Crippen LogP contribution >= 0.6 is 22.6 Å². The predicted octanol–water partition coefficient (Wildman–Crippen LogP) is 5.22. The summed E-state index contributed by atoms with van der Waals surface area (Å²) in [6.45, 7) is 12.9. The van der Waals surface area contributed by atoms with E-state index in [1.165, 1.54) is 22.4 Å². The van der Waals surface area contributed by atoms with Gasteiger partial charge in [0.25, 0.3) is 0 Å². The van der Waals surface area contributed by atoms with E-state index in [-0.39, 0.29) is 0 Å². The van der Waals surface area contributed by atoms with Gasteiger partial charge in [-0.2, -0.15) is 4.98 Å². The molecule has 0 spiro atoms. The molecular weight excluding hydrogens is 411 g/mol. The molecule has 2 aromatic rings. The van der Waals surface area contributed by atoms with Gasteiger partial charge in [0.05, 0.1) is 9.26 Å². The van der Waals surface area contributed by atoms with Gasteiger partial charge in [-0.1, -0.05) is 31.5 Å². The third-order valence-corrected chi connectivity index (χ3v) is 5.76. The van der Waals surface area contributed by atoms with Crippen LogP contribution in [-0.4, -0.2) is 16.0 Å². The largest absolute Gasteiger partial charge is 0.383 e. The summed E-state index contributed by atoms with van der Waals surface area (Å²) >= 11 is 2.21. The van der Waals surface area contributed by atoms with Crippen LogP contribution in [0.1, 0.15) is 49.1 Å². The summed E-state index contributed by atoms with van der Waals surface area (Å²) in [7, 11) is 0. The van der Waals surface area contributed by atoms with Crippen molar-refractivity contribution in [1.82, 2.24) is 9.97 Å². The van der Waals surface area contributed by atoms with E-state index in [9.17, 15) is 0 Å². The van der Waals surface area contributed by atoms with Crippen LogP contribution in [0.5, 0.6) is 0 Å². The number of halogens is 1. The molecule has 130 valence electrons. The normalized spacial score (nSPS) is 11.2. The molecule has 0 aliphatic heterocycles. The smallest absolute Gasteiger partial charge is 0.232 e. The molecule has 0 bridgehead atoms. The van der Waals surface area contributed by atoms with Gasteiger partial charge >= 0.3 is 0 Å². The molecule has 1 aromatic heterocycles. The molecule has 0 radical (unpaired) electrons. The Morgan fingerprint density at radius 1 is 1.04 bits per heavy atom. The van der Waals surface area contributed by atoms with Gasteiger partial charge < -0.3 is 10.6 Å². The number of hydrogen-bond donors (Lipinski definition) is 1. The maximum Gasteiger partial charge on any atom is 0.232 e. The van der Waals surface area contributed by atoms with Crippen LogP contribution in [0.3, 0.4) is 0 Å². The van der Waals surface area contributed by atoms with Crippen LogP contribution in [-0.2, 0) is 0 Å². The molecule has 1 heterocycles. The van der Waals surface area contributed by atoms with Crippen LogP contribution in [0.25, 0.3) is 0 Å². The van der Waals surface area contributed by atoms with Crippen molar-refractivity contribution >= 4 is 40.0 Å². The third-order valence-electron chi connectivity index (χ3n) is 4.43. The first-order chi connectivity index (χ1) is 11.3. The van der Waals surface area contributed by atoms with Gasteiger partial charge in [0.1, 0.15) is 5.82 Å². The Kier molecular flexibility index (Phi) is 6.06. The Balaban J connectivity index is 2.72. The maximum absolute atomic E-state index is 6.14. The highest BCUT2D eigenvalue weighted by Gasteiger charge is 2.25. The highest BCUT2D eigenvalue weighted by Crippen LogP contribution is 2.35. The van der Waals surface area contributed by atoms with Crippen LogP contribution in [0.15, 0.2) is 12.1 Å². The topological polar surface area (TPSA) is 55.0 Å². The first-order valence-corrected chi connectivity index (χ1v) is 9.54. The van der Waals surface area contributed by atoms with Crippen molar-refractivity contribution in [2.75, 3.05) is 10.6 Å². The van der Waals surface area contributed by atoms with Crippen molar-refractivity contribution in [1.29, 1.82) is 0 Å². The Labute approximate surface area is 159 Å². The number of hydrogen-bond acceptors (Lipinski definition) is 4. The Bertz CT molecular complexity index is 692. The van der Waals surface area contributed by atoms with Gasteiger partial charge in [-0.05, 0) is 74.3 Å². The zero-order valence-corrected chi connectivity index (χ0v) is 17.6. The standard InChI is InChI=1S/C19H27IN4/c1-7-15(8-2)24(17-12(4)9-11(3)10-13(17)5)19-22-14(6)16(20)18(21)23-19/h9-10,15H,7-8H2,1-6H3,(H2,21,22,23). The fourth-order valence-electron chi connectivity index (χ4n) is 3.33. The summed E-state index contributed by atoms with van der Waals surface area (Å²) in [6, 6.07) is 4.78. The van der Waals surface area contributed by atoms with Crippen molar-refractivity contribution in [2.45, 2.75) is 60.4 Å². The van der Waals surface area contributed by atoms with Crippen molar-refractivity contribution in [2.24, 2.45) is 0 Å². The summed E-state index contributed by atoms with van der Waals surface area (Å²) in [4.78, 5) is 11.7. The molecule has 0 saturated carbocycles. The average Bonchev–Trinajstić information content (AvgIpc) is 2.50. The van der Waals surface area contributed by atoms with E-state index in [2.05, 4.69) is 79.2 Å². The summed E-state index contributed by atoms with van der Waals surface area (Å²) < 4.78 is 0.929. The molecule has 1 aromatic carbocycles. The van der Waals surface area contributed by atoms with Gasteiger partial charge in [-0.3, -0.25) is 0 Å². The Morgan fingerprint density at radius 3 is 2.04 bits per heavy atom. The highest BCUT2D eigenvalue weighted by molar-refractivity contribution is 14.1. The molecule has 0 saturated heterocycles. The lowest BCUT2D eigenvalue weighted by Gasteiger charge is -2.33. The summed E-state index contributed by atoms with van der Waals surface area (Å²) in [6.07, 6.45) is 2.05. The Hall–Kier alpha value is -1.37. The lowest BCUT2D eigenvalue weighted by atomic mass is 10.0. The van der Waals surface area contributed by atoms with E-state index in [4.69, 9.17) is 10.7 Å². The molecule has 0 amide bonds. The minimum Gasteiger partial charge on any atom is -0.383 e. The van der Waals surface area contributed by atoms with E-state index in [0.717, 1.165) is 22.1 Å². The number of nitrogens with two attached hydrogens (primary N) is 1. The lowest BCUT2D eigenvalue weighted by molar-refractivity contribution is 0.598. The van der Waals surface area contributed by atoms with Crippen LogP contribution < -0.4 is 10.6 Å². The zero-order chi connectivity index (χ0) is 18.0. The number of nitrogens with zero attached hydrogens (tertiary/aromatic N) is 3. The quantitative estimate of drug-likeness (QED) is 0.650. The second kappa shape index (κ2) is 7.68. The van der Waals surface area contributed by atoms with Crippen molar-refractivity contribution in [3.63, 3.8) is 0 Å². The van der Waals surface area contributed by atoms with E-state index < -0.39 is 0 Å². The van der Waals surface area contributed by atoms with Gasteiger partial charge in [-0.15, -0.1) is 0 Å². The zero-order valence-electron chi connectivity index (χ0n) is 15.4. The van der Waals surface area contributed by atoms with Crippen molar-refractivity contribution < 1.29 is 0 Å². The summed E-state index contributed by atoms with van der Waals surface area (Å²) in [5, 5.41) is 0. The predicted molar refractivity (Wildman–Crippen MR) is 111 cm³/mol. The molecule has 0 aliphatic carbocycles. The van der Waals surface area contributed by atoms with Gasteiger partial charge in [0.2, 0.25) is 5.95 Å². The molecule has 24 heavy (non-hydrogen) atoms. The fourth-order valence-corrected chi connectivity index (χ4v) is 3.57. The second-order valence-electron chi connectivity index (χ2n) is 6.40. The van der Waals surface area contributed by atoms with Gasteiger partial charge in [0, 0.05) is 11.7 Å². The highest BCUT2D eigenvalue weighted by atomic mass is 127. The number of nitrogen functional groups attached to an aromatic ring is 1. The molecule has 5 heteroatoms. The molecule has 2 N–H and O–H groups in total. The number of aromatic nitrogens is 2. The van der Waals surface area contributed by atoms with Crippen LogP contribution in [0.4, 0.5) is 17.5 Å². The van der Waals surface area contributed by atoms with Gasteiger partial charge in [0.15, 0.2) is 0 Å². The average molecular weight is 438 g/mol. The van der Waals surface area contributed by atoms with E-state index in [1.807, 2.05) is 6.92 Å². The van der Waals surface area contributed by atoms with Crippen LogP contribution in [0, 0.1) is 31.3 Å². The molecular formula is C19H27IN4. The summed E-state index contributed by atoms with van der Waals surface area (Å²) in [5.74, 6) is 1.26. The molecule has 0 aliphatic rings. The lowest BCUT2D eigenvalue weighted by Crippen LogP contribution is -2.33. The fraction of sp³-hybridized carbons (Fsp3) is 0.474. The first kappa shape index (κ1) is 19.0. The second-order valence-corrected chi connectivity index (χ2v) is 7.47.